The van der Waals surface area contributed by atoms with Crippen LogP contribution in [-0.2, 0) is 30.9 Å². The second kappa shape index (κ2) is 13.0. The lowest BCUT2D eigenvalue weighted by Gasteiger charge is -2.37. The number of carboxylic acids is 2. The Morgan fingerprint density at radius 3 is 2.05 bits per heavy atom. The van der Waals surface area contributed by atoms with E-state index >= 15 is 0 Å². The second-order valence-electron chi connectivity index (χ2n) is 8.76. The fraction of sp³-hybridized carbons (Fsp3) is 0.667. The SMILES string of the molecule is O=C(O)C(F)(F)F.O=C(O)C(F)(F)F.O=S(=O)(C1CC1)N1CC[C@@H]2CN(Cc3cccnc3)CCO[C@@H]2C1. The molecule has 2 atom stereocenters. The van der Waals surface area contributed by atoms with Crippen LogP contribution in [0.25, 0.3) is 0 Å². The molecule has 0 amide bonds. The molecule has 2 aliphatic heterocycles. The Morgan fingerprint density at radius 2 is 1.58 bits per heavy atom. The zero-order chi connectivity index (χ0) is 28.7. The first kappa shape index (κ1) is 31.7. The molecule has 1 aromatic rings. The van der Waals surface area contributed by atoms with E-state index in [1.54, 1.807) is 10.5 Å². The molecule has 4 rings (SSSR count). The molecule has 17 heteroatoms. The maximum Gasteiger partial charge on any atom is 0.490 e. The average molecular weight is 580 g/mol. The number of sulfonamides is 1. The Bertz CT molecular complexity index is 1010. The van der Waals surface area contributed by atoms with Crippen LogP contribution in [0, 0.1) is 5.92 Å². The molecule has 38 heavy (non-hydrogen) atoms. The third-order valence-corrected chi connectivity index (χ3v) is 8.18. The quantitative estimate of drug-likeness (QED) is 0.515. The number of aliphatic carboxylic acids is 2. The molecule has 2 saturated heterocycles. The molecule has 0 unspecified atom stereocenters. The Balaban J connectivity index is 0.000000301. The minimum absolute atomic E-state index is 0.0335. The largest absolute Gasteiger partial charge is 0.490 e. The zero-order valence-electron chi connectivity index (χ0n) is 19.9. The van der Waals surface area contributed by atoms with Crippen molar-refractivity contribution in [1.82, 2.24) is 14.2 Å². The fourth-order valence-corrected chi connectivity index (χ4v) is 5.66. The van der Waals surface area contributed by atoms with Crippen LogP contribution in [0.3, 0.4) is 0 Å². The van der Waals surface area contributed by atoms with E-state index in [2.05, 4.69) is 16.0 Å². The highest BCUT2D eigenvalue weighted by Gasteiger charge is 2.44. The van der Waals surface area contributed by atoms with E-state index in [0.29, 0.717) is 25.6 Å². The number of ether oxygens (including phenoxy) is 1. The molecule has 1 aromatic heterocycles. The molecule has 3 fully saturated rings. The van der Waals surface area contributed by atoms with Crippen LogP contribution in [0.15, 0.2) is 24.5 Å². The minimum atomic E-state index is -5.08. The highest BCUT2D eigenvalue weighted by molar-refractivity contribution is 7.90. The van der Waals surface area contributed by atoms with Crippen LogP contribution in [0.5, 0.6) is 0 Å². The van der Waals surface area contributed by atoms with Gasteiger partial charge in [-0.3, -0.25) is 9.88 Å². The predicted octanol–water partition coefficient (Wildman–Crippen LogP) is 2.36. The van der Waals surface area contributed by atoms with Gasteiger partial charge < -0.3 is 14.9 Å². The molecule has 216 valence electrons. The number of pyridine rings is 1. The molecule has 0 radical (unpaired) electrons. The monoisotopic (exact) mass is 579 g/mol. The number of carbonyl (C=O) groups is 2. The summed E-state index contributed by atoms with van der Waals surface area (Å²) < 4.78 is 96.1. The van der Waals surface area contributed by atoms with Crippen LogP contribution in [0.4, 0.5) is 26.3 Å². The molecule has 2 N–H and O–H groups in total. The summed E-state index contributed by atoms with van der Waals surface area (Å²) in [6.07, 6.45) is -3.89. The van der Waals surface area contributed by atoms with Gasteiger partial charge in [-0.25, -0.2) is 18.0 Å². The van der Waals surface area contributed by atoms with E-state index in [1.165, 1.54) is 5.56 Å². The summed E-state index contributed by atoms with van der Waals surface area (Å²) in [5.74, 6) is -5.10. The molecule has 1 saturated carbocycles. The number of piperidine rings is 1. The standard InChI is InChI=1S/C17H25N3O3S.2C2HF3O2/c21-24(22,16-3-4-16)20-7-5-15-12-19(8-9-23-17(15)13-20)11-14-2-1-6-18-10-14;2*3-2(4,5)1(6)7/h1-2,6,10,15-17H,3-5,7-9,11-13H2;2*(H,6,7)/t15-,17-;;/m1../s1. The predicted molar refractivity (Wildman–Crippen MR) is 118 cm³/mol. The van der Waals surface area contributed by atoms with Gasteiger partial charge in [0.2, 0.25) is 10.0 Å². The van der Waals surface area contributed by atoms with E-state index < -0.39 is 34.3 Å². The van der Waals surface area contributed by atoms with Crippen molar-refractivity contribution >= 4 is 22.0 Å². The maximum absolute atomic E-state index is 12.5. The van der Waals surface area contributed by atoms with Gasteiger partial charge in [-0.1, -0.05) is 6.07 Å². The fourth-order valence-electron chi connectivity index (χ4n) is 3.79. The Morgan fingerprint density at radius 1 is 1.00 bits per heavy atom. The Hall–Kier alpha value is -2.50. The van der Waals surface area contributed by atoms with Crippen molar-refractivity contribution in [3.05, 3.63) is 30.1 Å². The Labute approximate surface area is 214 Å². The molecule has 10 nitrogen and oxygen atoms in total. The smallest absolute Gasteiger partial charge is 0.475 e. The Kier molecular flexibility index (Phi) is 10.9. The molecule has 1 aliphatic carbocycles. The van der Waals surface area contributed by atoms with E-state index in [9.17, 15) is 34.8 Å². The van der Waals surface area contributed by atoms with Crippen LogP contribution < -0.4 is 0 Å². The molecule has 0 bridgehead atoms. The van der Waals surface area contributed by atoms with Crippen molar-refractivity contribution in [2.24, 2.45) is 5.92 Å². The van der Waals surface area contributed by atoms with Gasteiger partial charge in [0.15, 0.2) is 0 Å². The minimum Gasteiger partial charge on any atom is -0.475 e. The first-order valence-electron chi connectivity index (χ1n) is 11.3. The van der Waals surface area contributed by atoms with Crippen LogP contribution in [0.1, 0.15) is 24.8 Å². The van der Waals surface area contributed by atoms with Crippen molar-refractivity contribution in [1.29, 1.82) is 0 Å². The van der Waals surface area contributed by atoms with Crippen molar-refractivity contribution in [3.63, 3.8) is 0 Å². The second-order valence-corrected chi connectivity index (χ2v) is 11.0. The topological polar surface area (TPSA) is 137 Å². The summed E-state index contributed by atoms with van der Waals surface area (Å²) in [4.78, 5) is 24.4. The summed E-state index contributed by atoms with van der Waals surface area (Å²) >= 11 is 0. The highest BCUT2D eigenvalue weighted by Crippen LogP contribution is 2.34. The number of alkyl halides is 6. The number of fused-ring (bicyclic) bond motifs is 1. The van der Waals surface area contributed by atoms with Gasteiger partial charge in [-0.2, -0.15) is 30.6 Å². The number of hydrogen-bond donors (Lipinski definition) is 2. The van der Waals surface area contributed by atoms with Crippen molar-refractivity contribution in [2.75, 3.05) is 32.8 Å². The molecular formula is C21H27F6N3O7S. The van der Waals surface area contributed by atoms with Crippen molar-refractivity contribution in [3.8, 4) is 0 Å². The summed E-state index contributed by atoms with van der Waals surface area (Å²) in [7, 11) is -3.08. The number of hydrogen-bond acceptors (Lipinski definition) is 7. The lowest BCUT2D eigenvalue weighted by Crippen LogP contribution is -2.49. The van der Waals surface area contributed by atoms with Crippen LogP contribution >= 0.6 is 0 Å². The van der Waals surface area contributed by atoms with Crippen molar-refractivity contribution in [2.45, 2.75) is 49.5 Å². The molecule has 0 aromatic carbocycles. The van der Waals surface area contributed by atoms with E-state index in [4.69, 9.17) is 24.5 Å². The molecular weight excluding hydrogens is 552 g/mol. The normalized spacial score (nSPS) is 23.0. The highest BCUT2D eigenvalue weighted by atomic mass is 32.2. The van der Waals surface area contributed by atoms with Crippen LogP contribution in [-0.4, -0.2) is 101 Å². The molecule has 3 heterocycles. The molecule has 3 aliphatic rings. The third-order valence-electron chi connectivity index (χ3n) is 5.81. The van der Waals surface area contributed by atoms with E-state index in [1.807, 2.05) is 12.3 Å². The number of aromatic nitrogens is 1. The summed E-state index contributed by atoms with van der Waals surface area (Å²) in [5, 5.41) is 14.1. The van der Waals surface area contributed by atoms with E-state index in [0.717, 1.165) is 38.9 Å². The van der Waals surface area contributed by atoms with Crippen LogP contribution in [0.2, 0.25) is 0 Å². The average Bonchev–Trinajstić information content (AvgIpc) is 3.67. The summed E-state index contributed by atoms with van der Waals surface area (Å²) in [6.45, 7) is 4.58. The first-order valence-corrected chi connectivity index (χ1v) is 12.8. The lowest BCUT2D eigenvalue weighted by molar-refractivity contribution is -0.193. The van der Waals surface area contributed by atoms with Gasteiger partial charge in [0.25, 0.3) is 0 Å². The number of carboxylic acid groups (broad SMARTS) is 2. The lowest BCUT2D eigenvalue weighted by atomic mass is 9.94. The zero-order valence-corrected chi connectivity index (χ0v) is 20.7. The number of halogens is 6. The maximum atomic E-state index is 12.5. The summed E-state index contributed by atoms with van der Waals surface area (Å²) in [6, 6.07) is 4.06. The third kappa shape index (κ3) is 9.99. The van der Waals surface area contributed by atoms with Gasteiger partial charge in [0, 0.05) is 51.0 Å². The first-order chi connectivity index (χ1) is 17.5. The van der Waals surface area contributed by atoms with Gasteiger partial charge >= 0.3 is 24.3 Å². The molecule has 0 spiro atoms. The van der Waals surface area contributed by atoms with Gasteiger partial charge in [0.05, 0.1) is 18.0 Å². The number of nitrogens with zero attached hydrogens (tertiary/aromatic N) is 3. The van der Waals surface area contributed by atoms with Gasteiger partial charge in [0.1, 0.15) is 0 Å². The number of rotatable bonds is 4. The van der Waals surface area contributed by atoms with Gasteiger partial charge in [-0.15, -0.1) is 0 Å². The van der Waals surface area contributed by atoms with E-state index in [-0.39, 0.29) is 11.4 Å². The summed E-state index contributed by atoms with van der Waals surface area (Å²) in [5.41, 5.74) is 1.21. The van der Waals surface area contributed by atoms with Crippen molar-refractivity contribution < 1.29 is 59.3 Å². The van der Waals surface area contributed by atoms with Gasteiger partial charge in [-0.05, 0) is 30.9 Å².